The molecule has 0 rings (SSSR count). The SMILES string of the molecule is CCCCCCCCCCC(O)C(C)S(=O)(=O)[O-].[K+]. The van der Waals surface area contributed by atoms with Crippen LogP contribution in [0, 0.1) is 0 Å². The monoisotopic (exact) mass is 318 g/mol. The van der Waals surface area contributed by atoms with Crippen molar-refractivity contribution in [1.82, 2.24) is 0 Å². The molecule has 0 aromatic rings. The first-order valence-corrected chi connectivity index (χ1v) is 8.49. The van der Waals surface area contributed by atoms with Gasteiger partial charge in [-0.3, -0.25) is 0 Å². The summed E-state index contributed by atoms with van der Waals surface area (Å²) in [4.78, 5) is 0. The summed E-state index contributed by atoms with van der Waals surface area (Å²) in [5.41, 5.74) is 0. The minimum absolute atomic E-state index is 0. The molecule has 110 valence electrons. The van der Waals surface area contributed by atoms with Crippen molar-refractivity contribution in [2.24, 2.45) is 0 Å². The second-order valence-corrected chi connectivity index (χ2v) is 6.76. The van der Waals surface area contributed by atoms with Gasteiger partial charge in [0.15, 0.2) is 0 Å². The average molecular weight is 319 g/mol. The molecule has 0 heterocycles. The van der Waals surface area contributed by atoms with E-state index in [9.17, 15) is 18.1 Å². The molecule has 0 aliphatic carbocycles. The standard InChI is InChI=1S/C13H28O4S.K/c1-3-4-5-6-7-8-9-10-11-13(14)12(2)18(15,16)17;/h12-14H,3-11H2,1-2H3,(H,15,16,17);/q;+1/p-1. The molecular weight excluding hydrogens is 291 g/mol. The summed E-state index contributed by atoms with van der Waals surface area (Å²) >= 11 is 0. The summed E-state index contributed by atoms with van der Waals surface area (Å²) in [5.74, 6) is 0. The maximum atomic E-state index is 10.7. The van der Waals surface area contributed by atoms with Crippen molar-refractivity contribution in [2.45, 2.75) is 83.0 Å². The van der Waals surface area contributed by atoms with E-state index in [1.54, 1.807) is 0 Å². The van der Waals surface area contributed by atoms with E-state index in [-0.39, 0.29) is 51.4 Å². The fraction of sp³-hybridized carbons (Fsp3) is 1.00. The fourth-order valence-corrected chi connectivity index (χ4v) is 2.44. The minimum Gasteiger partial charge on any atom is -0.748 e. The zero-order chi connectivity index (χ0) is 14.0. The van der Waals surface area contributed by atoms with Crippen molar-refractivity contribution < 1.29 is 69.5 Å². The molecule has 0 fully saturated rings. The Balaban J connectivity index is 0. The van der Waals surface area contributed by atoms with Crippen LogP contribution >= 0.6 is 0 Å². The molecule has 0 saturated heterocycles. The third-order valence-corrected chi connectivity index (χ3v) is 4.58. The number of hydrogen-bond acceptors (Lipinski definition) is 4. The third kappa shape index (κ3) is 12.9. The Morgan fingerprint density at radius 3 is 1.84 bits per heavy atom. The molecule has 1 N–H and O–H groups in total. The zero-order valence-electron chi connectivity index (χ0n) is 12.6. The molecular formula is C13H27KO4S. The number of hydrogen-bond donors (Lipinski definition) is 1. The third-order valence-electron chi connectivity index (χ3n) is 3.35. The number of aliphatic hydroxyl groups is 1. The summed E-state index contributed by atoms with van der Waals surface area (Å²) < 4.78 is 32.1. The molecule has 0 aromatic heterocycles. The van der Waals surface area contributed by atoms with Crippen molar-refractivity contribution in [3.05, 3.63) is 0 Å². The van der Waals surface area contributed by atoms with E-state index >= 15 is 0 Å². The fourth-order valence-electron chi connectivity index (χ4n) is 1.91. The zero-order valence-corrected chi connectivity index (χ0v) is 16.5. The van der Waals surface area contributed by atoms with Gasteiger partial charge in [0.2, 0.25) is 0 Å². The van der Waals surface area contributed by atoms with Gasteiger partial charge < -0.3 is 9.66 Å². The van der Waals surface area contributed by atoms with Crippen molar-refractivity contribution in [3.8, 4) is 0 Å². The smallest absolute Gasteiger partial charge is 0.748 e. The van der Waals surface area contributed by atoms with Crippen molar-refractivity contribution >= 4 is 10.1 Å². The Kier molecular flexibility index (Phi) is 15.8. The van der Waals surface area contributed by atoms with Crippen LogP contribution in [0.15, 0.2) is 0 Å². The van der Waals surface area contributed by atoms with Gasteiger partial charge in [0.05, 0.1) is 21.5 Å². The van der Waals surface area contributed by atoms with E-state index < -0.39 is 21.5 Å². The van der Waals surface area contributed by atoms with Crippen LogP contribution < -0.4 is 51.4 Å². The van der Waals surface area contributed by atoms with E-state index in [0.717, 1.165) is 19.3 Å². The largest absolute Gasteiger partial charge is 1.00 e. The van der Waals surface area contributed by atoms with Gasteiger partial charge in [0, 0.05) is 0 Å². The van der Waals surface area contributed by atoms with E-state index in [2.05, 4.69) is 6.92 Å². The van der Waals surface area contributed by atoms with Crippen LogP contribution in [0.2, 0.25) is 0 Å². The number of unbranched alkanes of at least 4 members (excludes halogenated alkanes) is 7. The molecule has 4 nitrogen and oxygen atoms in total. The average Bonchev–Trinajstić information content (AvgIpc) is 2.30. The van der Waals surface area contributed by atoms with Gasteiger partial charge in [0.1, 0.15) is 0 Å². The molecule has 0 aliphatic heterocycles. The normalized spacial score (nSPS) is 14.7. The Morgan fingerprint density at radius 2 is 1.42 bits per heavy atom. The van der Waals surface area contributed by atoms with Crippen molar-refractivity contribution in [2.75, 3.05) is 0 Å². The van der Waals surface area contributed by atoms with Gasteiger partial charge in [-0.2, -0.15) is 0 Å². The molecule has 19 heavy (non-hydrogen) atoms. The van der Waals surface area contributed by atoms with Gasteiger partial charge in [-0.05, 0) is 13.3 Å². The van der Waals surface area contributed by atoms with Crippen LogP contribution in [-0.4, -0.2) is 29.4 Å². The minimum atomic E-state index is -4.36. The molecule has 0 saturated carbocycles. The second kappa shape index (κ2) is 13.2. The molecule has 0 spiro atoms. The Hall–Kier alpha value is 1.51. The Morgan fingerprint density at radius 1 is 1.00 bits per heavy atom. The predicted octanol–water partition coefficient (Wildman–Crippen LogP) is -0.184. The second-order valence-electron chi connectivity index (χ2n) is 5.03. The van der Waals surface area contributed by atoms with E-state index in [1.165, 1.54) is 39.0 Å². The summed E-state index contributed by atoms with van der Waals surface area (Å²) in [6.45, 7) is 3.46. The maximum absolute atomic E-state index is 10.7. The first-order chi connectivity index (χ1) is 8.39. The van der Waals surface area contributed by atoms with Crippen LogP contribution in [0.5, 0.6) is 0 Å². The van der Waals surface area contributed by atoms with Gasteiger partial charge in [-0.25, -0.2) is 8.42 Å². The van der Waals surface area contributed by atoms with Crippen LogP contribution in [0.4, 0.5) is 0 Å². The number of aliphatic hydroxyl groups excluding tert-OH is 1. The molecule has 0 aromatic carbocycles. The summed E-state index contributed by atoms with van der Waals surface area (Å²) in [6, 6.07) is 0. The summed E-state index contributed by atoms with van der Waals surface area (Å²) in [5, 5.41) is 8.35. The van der Waals surface area contributed by atoms with Gasteiger partial charge in [-0.1, -0.05) is 58.3 Å². The van der Waals surface area contributed by atoms with Crippen LogP contribution in [-0.2, 0) is 10.1 Å². The van der Waals surface area contributed by atoms with E-state index in [0.29, 0.717) is 6.42 Å². The Labute approximate surface area is 160 Å². The molecule has 0 aliphatic rings. The maximum Gasteiger partial charge on any atom is 1.00 e. The molecule has 2 unspecified atom stereocenters. The summed E-state index contributed by atoms with van der Waals surface area (Å²) in [6.07, 6.45) is 8.55. The van der Waals surface area contributed by atoms with Crippen molar-refractivity contribution in [1.29, 1.82) is 0 Å². The predicted molar refractivity (Wildman–Crippen MR) is 72.4 cm³/mol. The summed E-state index contributed by atoms with van der Waals surface area (Å²) in [7, 11) is -4.36. The van der Waals surface area contributed by atoms with Crippen molar-refractivity contribution in [3.63, 3.8) is 0 Å². The van der Waals surface area contributed by atoms with Gasteiger partial charge >= 0.3 is 51.4 Å². The van der Waals surface area contributed by atoms with Crippen LogP contribution in [0.1, 0.15) is 71.6 Å². The molecule has 0 radical (unpaired) electrons. The van der Waals surface area contributed by atoms with E-state index in [4.69, 9.17) is 0 Å². The van der Waals surface area contributed by atoms with Crippen LogP contribution in [0.25, 0.3) is 0 Å². The first kappa shape index (κ1) is 22.8. The van der Waals surface area contributed by atoms with E-state index in [1.807, 2.05) is 0 Å². The topological polar surface area (TPSA) is 77.4 Å². The number of rotatable bonds is 11. The first-order valence-electron chi connectivity index (χ1n) is 7.02. The molecule has 0 amide bonds. The molecule has 2 atom stereocenters. The Bertz CT molecular complexity index is 293. The van der Waals surface area contributed by atoms with Crippen LogP contribution in [0.3, 0.4) is 0 Å². The quantitative estimate of drug-likeness (QED) is 0.326. The van der Waals surface area contributed by atoms with Gasteiger partial charge in [0.25, 0.3) is 0 Å². The van der Waals surface area contributed by atoms with Gasteiger partial charge in [-0.15, -0.1) is 0 Å². The molecule has 0 bridgehead atoms. The molecule has 6 heteroatoms.